The monoisotopic (exact) mass is 251 g/mol. The van der Waals surface area contributed by atoms with Crippen molar-refractivity contribution < 1.29 is 13.2 Å². The van der Waals surface area contributed by atoms with Gasteiger partial charge in [-0.25, -0.2) is 4.79 Å². The van der Waals surface area contributed by atoms with Gasteiger partial charge in [-0.1, -0.05) is 33.7 Å². The zero-order valence-electron chi connectivity index (χ0n) is 6.57. The van der Waals surface area contributed by atoms with Crippen molar-refractivity contribution in [3.8, 4) is 0 Å². The third-order valence-electron chi connectivity index (χ3n) is 1.33. The normalized spacial score (nSPS) is 10.7. The summed E-state index contributed by atoms with van der Waals surface area (Å²) in [6.45, 7) is 0. The number of sulfonamides is 1. The summed E-state index contributed by atoms with van der Waals surface area (Å²) in [5, 5.41) is -0.173. The van der Waals surface area contributed by atoms with E-state index in [0.717, 1.165) is 6.08 Å². The molecular weight excluding hydrogens is 249 g/mol. The second-order valence-electron chi connectivity index (χ2n) is 2.21. The van der Waals surface area contributed by atoms with E-state index in [0.29, 0.717) is 0 Å². The van der Waals surface area contributed by atoms with E-state index in [-0.39, 0.29) is 14.9 Å². The fourth-order valence-corrected chi connectivity index (χ4v) is 2.62. The van der Waals surface area contributed by atoms with Crippen LogP contribution in [0.4, 0.5) is 0 Å². The average Bonchev–Trinajstić information content (AvgIpc) is 2.02. The highest BCUT2D eigenvalue weighted by Gasteiger charge is 2.20. The molecule has 74 valence electrons. The zero-order chi connectivity index (χ0) is 10.8. The van der Waals surface area contributed by atoms with Crippen molar-refractivity contribution in [2.45, 2.75) is 4.90 Å². The molecule has 0 aliphatic carbocycles. The van der Waals surface area contributed by atoms with Crippen molar-refractivity contribution in [3.05, 3.63) is 28.2 Å². The van der Waals surface area contributed by atoms with Gasteiger partial charge in [-0.3, -0.25) is 0 Å². The Hall–Kier alpha value is -0.870. The first-order chi connectivity index (χ1) is 6.49. The molecule has 7 heteroatoms. The Morgan fingerprint density at radius 1 is 1.21 bits per heavy atom. The van der Waals surface area contributed by atoms with E-state index in [9.17, 15) is 13.2 Å². The molecule has 1 aromatic rings. The third-order valence-corrected chi connectivity index (χ3v) is 3.46. The van der Waals surface area contributed by atoms with Crippen LogP contribution >= 0.6 is 23.2 Å². The van der Waals surface area contributed by atoms with Crippen molar-refractivity contribution in [2.75, 3.05) is 0 Å². The molecule has 0 bridgehead atoms. The molecule has 0 spiro atoms. The number of rotatable bonds is 2. The molecule has 1 rings (SSSR count). The van der Waals surface area contributed by atoms with Crippen LogP contribution in [-0.2, 0) is 14.8 Å². The van der Waals surface area contributed by atoms with E-state index in [2.05, 4.69) is 4.40 Å². The Kier molecular flexibility index (Phi) is 3.29. The lowest BCUT2D eigenvalue weighted by molar-refractivity contribution is 0.563. The number of nitrogens with zero attached hydrogens (tertiary/aromatic N) is 1. The smallest absolute Gasteiger partial charge is 0.210 e. The van der Waals surface area contributed by atoms with E-state index >= 15 is 0 Å². The maximum absolute atomic E-state index is 11.3. The van der Waals surface area contributed by atoms with Gasteiger partial charge in [0, 0.05) is 0 Å². The first-order valence-corrected chi connectivity index (χ1v) is 5.47. The predicted molar refractivity (Wildman–Crippen MR) is 51.8 cm³/mol. The summed E-state index contributed by atoms with van der Waals surface area (Å²) in [5.74, 6) is 0. The van der Waals surface area contributed by atoms with Gasteiger partial charge >= 0.3 is 0 Å². The molecule has 0 aliphatic rings. The van der Waals surface area contributed by atoms with Gasteiger partial charge in [0.05, 0.1) is 10.0 Å². The van der Waals surface area contributed by atoms with Gasteiger partial charge in [-0.2, -0.15) is 8.42 Å². The average molecular weight is 252 g/mol. The summed E-state index contributed by atoms with van der Waals surface area (Å²) in [7, 11) is -4.13. The van der Waals surface area contributed by atoms with Crippen molar-refractivity contribution in [1.82, 2.24) is 0 Å². The van der Waals surface area contributed by atoms with E-state index in [1.807, 2.05) is 0 Å². The topological polar surface area (TPSA) is 63.6 Å². The summed E-state index contributed by atoms with van der Waals surface area (Å²) in [6, 6.07) is 4.15. The Balaban J connectivity index is 3.55. The zero-order valence-corrected chi connectivity index (χ0v) is 8.90. The Morgan fingerprint density at radius 3 is 2.14 bits per heavy atom. The molecule has 14 heavy (non-hydrogen) atoms. The van der Waals surface area contributed by atoms with Crippen LogP contribution in [0.15, 0.2) is 27.5 Å². The minimum Gasteiger partial charge on any atom is -0.210 e. The number of benzene rings is 1. The Bertz CT molecular complexity index is 485. The van der Waals surface area contributed by atoms with Crippen LogP contribution in [0, 0.1) is 0 Å². The number of carbonyl (C=O) groups excluding carboxylic acids is 1. The lowest BCUT2D eigenvalue weighted by Gasteiger charge is -2.01. The molecular formula is C7H3Cl2NO3S. The summed E-state index contributed by atoms with van der Waals surface area (Å²) in [4.78, 5) is 9.48. The molecule has 0 atom stereocenters. The summed E-state index contributed by atoms with van der Waals surface area (Å²) < 4.78 is 25.2. The molecule has 0 heterocycles. The van der Waals surface area contributed by atoms with Gasteiger partial charge in [0.1, 0.15) is 4.90 Å². The van der Waals surface area contributed by atoms with E-state index in [1.54, 1.807) is 0 Å². The number of halogens is 2. The molecule has 0 fully saturated rings. The fraction of sp³-hybridized carbons (Fsp3) is 0. The van der Waals surface area contributed by atoms with Crippen LogP contribution in [0.1, 0.15) is 0 Å². The maximum Gasteiger partial charge on any atom is 0.295 e. The highest BCUT2D eigenvalue weighted by atomic mass is 35.5. The van der Waals surface area contributed by atoms with Gasteiger partial charge in [0.2, 0.25) is 0 Å². The first kappa shape index (κ1) is 11.2. The second kappa shape index (κ2) is 4.11. The van der Waals surface area contributed by atoms with Crippen molar-refractivity contribution in [1.29, 1.82) is 0 Å². The maximum atomic E-state index is 11.3. The summed E-state index contributed by atoms with van der Waals surface area (Å²) in [5.41, 5.74) is 0. The highest BCUT2D eigenvalue weighted by molar-refractivity contribution is 7.90. The van der Waals surface area contributed by atoms with Crippen LogP contribution < -0.4 is 0 Å². The van der Waals surface area contributed by atoms with E-state index in [4.69, 9.17) is 23.2 Å². The molecule has 1 aromatic carbocycles. The molecule has 0 radical (unpaired) electrons. The standard InChI is InChI=1S/C7H3Cl2NO3S/c8-5-2-1-3-6(9)7(5)14(12,13)10-4-11/h1-3H. The van der Waals surface area contributed by atoms with Crippen molar-refractivity contribution in [3.63, 3.8) is 0 Å². The third kappa shape index (κ3) is 2.13. The van der Waals surface area contributed by atoms with Crippen LogP contribution in [0.5, 0.6) is 0 Å². The summed E-state index contributed by atoms with van der Waals surface area (Å²) >= 11 is 11.2. The van der Waals surface area contributed by atoms with E-state index < -0.39 is 10.0 Å². The molecule has 0 unspecified atom stereocenters. The SMILES string of the molecule is O=C=NS(=O)(=O)c1c(Cl)cccc1Cl. The Morgan fingerprint density at radius 2 is 1.71 bits per heavy atom. The molecule has 4 nitrogen and oxygen atoms in total. The molecule has 0 saturated heterocycles. The van der Waals surface area contributed by atoms with Crippen LogP contribution in [0.3, 0.4) is 0 Å². The minimum atomic E-state index is -4.13. The summed E-state index contributed by atoms with van der Waals surface area (Å²) in [6.07, 6.45) is 0.931. The predicted octanol–water partition coefficient (Wildman–Crippen LogP) is 2.02. The molecule has 0 aromatic heterocycles. The molecule has 0 aliphatic heterocycles. The van der Waals surface area contributed by atoms with E-state index in [1.165, 1.54) is 18.2 Å². The minimum absolute atomic E-state index is 0.0866. The van der Waals surface area contributed by atoms with Crippen LogP contribution in [-0.4, -0.2) is 14.5 Å². The van der Waals surface area contributed by atoms with Gasteiger partial charge in [-0.15, -0.1) is 0 Å². The lowest BCUT2D eigenvalue weighted by atomic mass is 10.4. The Labute approximate surface area is 90.2 Å². The van der Waals surface area contributed by atoms with Crippen LogP contribution in [0.2, 0.25) is 10.0 Å². The van der Waals surface area contributed by atoms with Crippen molar-refractivity contribution >= 4 is 39.3 Å². The molecule has 0 N–H and O–H groups in total. The second-order valence-corrected chi connectivity index (χ2v) is 4.56. The highest BCUT2D eigenvalue weighted by Crippen LogP contribution is 2.29. The fourth-order valence-electron chi connectivity index (χ4n) is 0.824. The first-order valence-electron chi connectivity index (χ1n) is 3.27. The number of hydrogen-bond acceptors (Lipinski definition) is 3. The van der Waals surface area contributed by atoms with Gasteiger partial charge in [0.25, 0.3) is 16.1 Å². The number of hydrogen-bond donors (Lipinski definition) is 0. The van der Waals surface area contributed by atoms with Gasteiger partial charge < -0.3 is 0 Å². The van der Waals surface area contributed by atoms with Gasteiger partial charge in [0.15, 0.2) is 0 Å². The van der Waals surface area contributed by atoms with Gasteiger partial charge in [-0.05, 0) is 12.1 Å². The van der Waals surface area contributed by atoms with Crippen LogP contribution in [0.25, 0.3) is 0 Å². The molecule has 0 amide bonds. The van der Waals surface area contributed by atoms with Crippen molar-refractivity contribution in [2.24, 2.45) is 4.40 Å². The largest absolute Gasteiger partial charge is 0.295 e. The number of isocyanates is 1. The lowest BCUT2D eigenvalue weighted by Crippen LogP contribution is -1.98. The molecule has 0 saturated carbocycles. The quantitative estimate of drug-likeness (QED) is 0.597.